The summed E-state index contributed by atoms with van der Waals surface area (Å²) in [6, 6.07) is 13.4. The number of aromatic nitrogens is 3. The van der Waals surface area contributed by atoms with Gasteiger partial charge in [-0.3, -0.25) is 0 Å². The third-order valence-corrected chi connectivity index (χ3v) is 6.72. The van der Waals surface area contributed by atoms with Crippen LogP contribution < -0.4 is 0 Å². The van der Waals surface area contributed by atoms with Gasteiger partial charge in [0.1, 0.15) is 0 Å². The molecule has 1 aliphatic rings. The number of hydrogen-bond donors (Lipinski definition) is 0. The third kappa shape index (κ3) is 3.62. The molecule has 0 saturated carbocycles. The van der Waals surface area contributed by atoms with Crippen molar-refractivity contribution in [3.05, 3.63) is 85.9 Å². The van der Waals surface area contributed by atoms with Gasteiger partial charge in [0.25, 0.3) is 0 Å². The Balaban J connectivity index is 1.52. The molecule has 0 bridgehead atoms. The van der Waals surface area contributed by atoms with Crippen LogP contribution in [0.15, 0.2) is 54.0 Å². The zero-order valence-electron chi connectivity index (χ0n) is 15.1. The number of thiazole rings is 1. The maximum absolute atomic E-state index is 6.16. The lowest BCUT2D eigenvalue weighted by Crippen LogP contribution is -2.00. The van der Waals surface area contributed by atoms with Crippen LogP contribution in [-0.4, -0.2) is 14.8 Å². The first-order chi connectivity index (χ1) is 14.1. The average Bonchev–Trinajstić information content (AvgIpc) is 3.43. The number of benzene rings is 2. The van der Waals surface area contributed by atoms with E-state index in [2.05, 4.69) is 11.2 Å². The number of allylic oxidation sites excluding steroid dienone is 1. The van der Waals surface area contributed by atoms with E-state index in [0.717, 1.165) is 45.5 Å². The molecule has 2 heterocycles. The van der Waals surface area contributed by atoms with Crippen LogP contribution in [0.1, 0.15) is 23.2 Å². The van der Waals surface area contributed by atoms with Crippen LogP contribution in [0.25, 0.3) is 28.0 Å². The number of halogens is 3. The van der Waals surface area contributed by atoms with Crippen LogP contribution in [0.3, 0.4) is 0 Å². The maximum atomic E-state index is 6.16. The summed E-state index contributed by atoms with van der Waals surface area (Å²) in [6.45, 7) is 0. The maximum Gasteiger partial charge on any atom is 0.211 e. The van der Waals surface area contributed by atoms with Crippen molar-refractivity contribution in [2.24, 2.45) is 0 Å². The summed E-state index contributed by atoms with van der Waals surface area (Å²) in [7, 11) is 0. The highest BCUT2D eigenvalue weighted by atomic mass is 35.5. The van der Waals surface area contributed by atoms with Gasteiger partial charge in [-0.1, -0.05) is 53.0 Å². The van der Waals surface area contributed by atoms with Crippen molar-refractivity contribution in [3.8, 4) is 16.4 Å². The fourth-order valence-corrected chi connectivity index (χ4v) is 4.71. The van der Waals surface area contributed by atoms with E-state index >= 15 is 0 Å². The summed E-state index contributed by atoms with van der Waals surface area (Å²) >= 11 is 19.8. The van der Waals surface area contributed by atoms with E-state index in [1.165, 1.54) is 11.1 Å². The Bertz CT molecular complexity index is 1240. The van der Waals surface area contributed by atoms with Crippen molar-refractivity contribution < 1.29 is 0 Å². The van der Waals surface area contributed by atoms with Crippen LogP contribution in [0.4, 0.5) is 0 Å². The molecule has 3 nitrogen and oxygen atoms in total. The first kappa shape index (κ1) is 18.9. The summed E-state index contributed by atoms with van der Waals surface area (Å²) in [5.74, 6) is 0. The lowest BCUT2D eigenvalue weighted by atomic mass is 10.1. The van der Waals surface area contributed by atoms with Crippen LogP contribution in [0.2, 0.25) is 15.1 Å². The zero-order valence-corrected chi connectivity index (χ0v) is 18.2. The molecule has 0 fully saturated rings. The molecular formula is C22H14Cl3N3S. The van der Waals surface area contributed by atoms with Crippen LogP contribution in [0, 0.1) is 0 Å². The van der Waals surface area contributed by atoms with Gasteiger partial charge < -0.3 is 0 Å². The molecule has 2 aromatic heterocycles. The molecule has 0 spiro atoms. The Morgan fingerprint density at radius 1 is 0.966 bits per heavy atom. The molecule has 0 atom stereocenters. The molecule has 5 rings (SSSR count). The predicted octanol–water partition coefficient (Wildman–Crippen LogP) is 7.44. The van der Waals surface area contributed by atoms with Gasteiger partial charge in [0.15, 0.2) is 0 Å². The summed E-state index contributed by atoms with van der Waals surface area (Å²) < 4.78 is 1.94. The van der Waals surface area contributed by atoms with Crippen molar-refractivity contribution in [1.29, 1.82) is 0 Å². The monoisotopic (exact) mass is 457 g/mol. The number of rotatable bonds is 3. The Morgan fingerprint density at radius 2 is 1.79 bits per heavy atom. The summed E-state index contributed by atoms with van der Waals surface area (Å²) in [5, 5.41) is 9.25. The van der Waals surface area contributed by atoms with Gasteiger partial charge in [-0.25, -0.2) is 9.67 Å². The number of nitrogens with zero attached hydrogens (tertiary/aromatic N) is 3. The van der Waals surface area contributed by atoms with E-state index in [9.17, 15) is 0 Å². The lowest BCUT2D eigenvalue weighted by molar-refractivity contribution is 0.855. The number of fused-ring (bicyclic) bond motifs is 1. The van der Waals surface area contributed by atoms with Gasteiger partial charge in [-0.05, 0) is 59.9 Å². The molecule has 1 aliphatic carbocycles. The molecule has 0 aliphatic heterocycles. The molecule has 2 aromatic carbocycles. The van der Waals surface area contributed by atoms with Crippen LogP contribution in [0.5, 0.6) is 0 Å². The lowest BCUT2D eigenvalue weighted by Gasteiger charge is -2.05. The highest BCUT2D eigenvalue weighted by molar-refractivity contribution is 7.12. The summed E-state index contributed by atoms with van der Waals surface area (Å²) in [4.78, 5) is 4.80. The largest absolute Gasteiger partial charge is 0.218 e. The highest BCUT2D eigenvalue weighted by Crippen LogP contribution is 2.37. The molecule has 0 radical (unpaired) electrons. The second kappa shape index (κ2) is 7.62. The minimum atomic E-state index is 0.520. The smallest absolute Gasteiger partial charge is 0.211 e. The molecule has 4 aromatic rings. The Morgan fingerprint density at radius 3 is 2.59 bits per heavy atom. The Labute approximate surface area is 187 Å². The fourth-order valence-electron chi connectivity index (χ4n) is 3.49. The highest BCUT2D eigenvalue weighted by Gasteiger charge is 2.24. The molecule has 7 heteroatoms. The van der Waals surface area contributed by atoms with E-state index in [4.69, 9.17) is 39.8 Å². The number of hydrogen-bond acceptors (Lipinski definition) is 3. The van der Waals surface area contributed by atoms with Gasteiger partial charge in [-0.15, -0.1) is 11.3 Å². The fraction of sp³-hybridized carbons (Fsp3) is 0.0909. The Hall–Kier alpha value is -2.11. The molecule has 144 valence electrons. The van der Waals surface area contributed by atoms with Gasteiger partial charge >= 0.3 is 0 Å². The molecular weight excluding hydrogens is 445 g/mol. The minimum absolute atomic E-state index is 0.520. The first-order valence-electron chi connectivity index (χ1n) is 9.03. The van der Waals surface area contributed by atoms with Crippen molar-refractivity contribution in [1.82, 2.24) is 14.8 Å². The first-order valence-corrected chi connectivity index (χ1v) is 11.0. The quantitative estimate of drug-likeness (QED) is 0.319. The van der Waals surface area contributed by atoms with E-state index < -0.39 is 0 Å². The third-order valence-electron chi connectivity index (χ3n) is 4.91. The van der Waals surface area contributed by atoms with Gasteiger partial charge in [0, 0.05) is 16.0 Å². The topological polar surface area (TPSA) is 30.7 Å². The van der Waals surface area contributed by atoms with Gasteiger partial charge in [-0.2, -0.15) is 5.10 Å². The second-order valence-electron chi connectivity index (χ2n) is 6.80. The molecule has 0 saturated heterocycles. The Kier molecular flexibility index (Phi) is 4.96. The van der Waals surface area contributed by atoms with E-state index in [1.54, 1.807) is 17.4 Å². The summed E-state index contributed by atoms with van der Waals surface area (Å²) in [5.41, 5.74) is 6.55. The van der Waals surface area contributed by atoms with Crippen LogP contribution >= 0.6 is 46.1 Å². The van der Waals surface area contributed by atoms with Crippen LogP contribution in [-0.2, 0) is 6.42 Å². The normalized spacial score (nSPS) is 14.5. The molecule has 0 N–H and O–H groups in total. The van der Waals surface area contributed by atoms with Crippen molar-refractivity contribution in [2.75, 3.05) is 0 Å². The zero-order chi connectivity index (χ0) is 20.0. The molecule has 0 unspecified atom stereocenters. The van der Waals surface area contributed by atoms with E-state index in [0.29, 0.717) is 10.0 Å². The average molecular weight is 459 g/mol. The number of aryl methyl sites for hydroxylation is 1. The van der Waals surface area contributed by atoms with Crippen molar-refractivity contribution in [2.45, 2.75) is 12.8 Å². The van der Waals surface area contributed by atoms with Crippen molar-refractivity contribution >= 4 is 57.8 Å². The van der Waals surface area contributed by atoms with Crippen molar-refractivity contribution in [3.63, 3.8) is 0 Å². The molecule has 29 heavy (non-hydrogen) atoms. The molecule has 0 amide bonds. The van der Waals surface area contributed by atoms with Gasteiger partial charge in [0.05, 0.1) is 27.6 Å². The SMILES string of the molecule is Clc1ccc(/C=C2\CCc3cnn(-c4nc(-c5ccc(Cl)c(Cl)c5)cs4)c32)cc1. The second-order valence-corrected chi connectivity index (χ2v) is 8.88. The standard InChI is InChI=1S/C22H14Cl3N3S/c23-17-6-1-13(2-7-17)9-15-3-4-16-11-26-28(21(15)16)22-27-20(12-29-22)14-5-8-18(24)19(25)10-14/h1-2,5-12H,3-4H2/b15-9+. The predicted molar refractivity (Wildman–Crippen MR) is 122 cm³/mol. The summed E-state index contributed by atoms with van der Waals surface area (Å²) in [6.07, 6.45) is 6.12. The van der Waals surface area contributed by atoms with E-state index in [1.807, 2.05) is 52.7 Å². The van der Waals surface area contributed by atoms with E-state index in [-0.39, 0.29) is 0 Å². The minimum Gasteiger partial charge on any atom is -0.218 e. The van der Waals surface area contributed by atoms with Gasteiger partial charge in [0.2, 0.25) is 5.13 Å².